The molecule has 0 radical (unpaired) electrons. The van der Waals surface area contributed by atoms with E-state index in [2.05, 4.69) is 29.0 Å². The molecule has 3 rings (SSSR count). The van der Waals surface area contributed by atoms with Crippen molar-refractivity contribution in [3.05, 3.63) is 41.4 Å². The molecule has 112 valence electrons. The maximum Gasteiger partial charge on any atom is 0.209 e. The van der Waals surface area contributed by atoms with E-state index in [1.807, 2.05) is 24.3 Å². The van der Waals surface area contributed by atoms with Gasteiger partial charge in [-0.2, -0.15) is 0 Å². The molecule has 1 saturated heterocycles. The molecule has 2 unspecified atom stereocenters. The lowest BCUT2D eigenvalue weighted by Gasteiger charge is -2.38. The van der Waals surface area contributed by atoms with E-state index < -0.39 is 0 Å². The van der Waals surface area contributed by atoms with E-state index in [0.29, 0.717) is 12.1 Å². The number of rotatable bonds is 3. The molecule has 1 N–H and O–H groups in total. The topological polar surface area (TPSA) is 41.3 Å². The van der Waals surface area contributed by atoms with Gasteiger partial charge < -0.3 is 9.73 Å². The number of hydrogen-bond donors (Lipinski definition) is 1. The van der Waals surface area contributed by atoms with Crippen LogP contribution in [0, 0.1) is 0 Å². The second-order valence-corrected chi connectivity index (χ2v) is 6.09. The van der Waals surface area contributed by atoms with Crippen LogP contribution in [0.15, 0.2) is 34.9 Å². The third kappa shape index (κ3) is 3.28. The van der Waals surface area contributed by atoms with Crippen LogP contribution in [0.5, 0.6) is 0 Å². The number of piperazine rings is 1. The molecule has 0 bridgehead atoms. The zero-order valence-electron chi connectivity index (χ0n) is 12.3. The van der Waals surface area contributed by atoms with Gasteiger partial charge in [-0.1, -0.05) is 11.6 Å². The van der Waals surface area contributed by atoms with E-state index in [9.17, 15) is 0 Å². The highest BCUT2D eigenvalue weighted by atomic mass is 35.5. The SMILES string of the molecule is CC1CNCC(C)N1Cc1ncc(-c2ccc(Cl)cc2)o1. The van der Waals surface area contributed by atoms with Crippen molar-refractivity contribution < 1.29 is 4.42 Å². The van der Waals surface area contributed by atoms with E-state index in [-0.39, 0.29) is 0 Å². The Bertz CT molecular complexity index is 586. The molecule has 2 heterocycles. The second-order valence-electron chi connectivity index (χ2n) is 5.65. The van der Waals surface area contributed by atoms with Crippen molar-refractivity contribution in [1.82, 2.24) is 15.2 Å². The average molecular weight is 306 g/mol. The normalized spacial score (nSPS) is 23.4. The number of hydrogen-bond acceptors (Lipinski definition) is 4. The molecule has 0 saturated carbocycles. The molecule has 21 heavy (non-hydrogen) atoms. The summed E-state index contributed by atoms with van der Waals surface area (Å²) in [7, 11) is 0. The molecule has 1 aliphatic rings. The molecule has 0 aliphatic carbocycles. The number of aromatic nitrogens is 1. The Morgan fingerprint density at radius 2 is 1.90 bits per heavy atom. The Balaban J connectivity index is 1.74. The van der Waals surface area contributed by atoms with Gasteiger partial charge in [0, 0.05) is 35.8 Å². The minimum Gasteiger partial charge on any atom is -0.439 e. The Morgan fingerprint density at radius 1 is 1.24 bits per heavy atom. The monoisotopic (exact) mass is 305 g/mol. The molecular formula is C16H20ClN3O. The van der Waals surface area contributed by atoms with Crippen molar-refractivity contribution in [3.8, 4) is 11.3 Å². The zero-order valence-corrected chi connectivity index (χ0v) is 13.1. The highest BCUT2D eigenvalue weighted by molar-refractivity contribution is 6.30. The summed E-state index contributed by atoms with van der Waals surface area (Å²) >= 11 is 5.91. The molecule has 5 heteroatoms. The lowest BCUT2D eigenvalue weighted by Crippen LogP contribution is -2.54. The van der Waals surface area contributed by atoms with E-state index >= 15 is 0 Å². The van der Waals surface area contributed by atoms with E-state index in [4.69, 9.17) is 16.0 Å². The Kier molecular flexibility index (Phi) is 4.29. The van der Waals surface area contributed by atoms with Gasteiger partial charge in [-0.15, -0.1) is 0 Å². The van der Waals surface area contributed by atoms with Gasteiger partial charge in [0.1, 0.15) is 0 Å². The number of benzene rings is 1. The summed E-state index contributed by atoms with van der Waals surface area (Å²) in [6.45, 7) is 7.22. The van der Waals surface area contributed by atoms with E-state index in [1.165, 1.54) is 0 Å². The van der Waals surface area contributed by atoms with Crippen LogP contribution >= 0.6 is 11.6 Å². The van der Waals surface area contributed by atoms with Gasteiger partial charge in [-0.3, -0.25) is 4.90 Å². The van der Waals surface area contributed by atoms with Crippen LogP contribution < -0.4 is 5.32 Å². The molecule has 0 amide bonds. The molecule has 1 aliphatic heterocycles. The molecule has 1 aromatic carbocycles. The Hall–Kier alpha value is -1.36. The Labute approximate surface area is 130 Å². The quantitative estimate of drug-likeness (QED) is 0.945. The minimum absolute atomic E-state index is 0.486. The summed E-state index contributed by atoms with van der Waals surface area (Å²) in [6.07, 6.45) is 1.79. The molecule has 4 nitrogen and oxygen atoms in total. The van der Waals surface area contributed by atoms with Crippen LogP contribution in [0.1, 0.15) is 19.7 Å². The van der Waals surface area contributed by atoms with Crippen molar-refractivity contribution in [2.24, 2.45) is 0 Å². The van der Waals surface area contributed by atoms with Crippen LogP contribution in [0.25, 0.3) is 11.3 Å². The summed E-state index contributed by atoms with van der Waals surface area (Å²) in [5, 5.41) is 4.16. The van der Waals surface area contributed by atoms with Crippen molar-refractivity contribution in [2.45, 2.75) is 32.5 Å². The second kappa shape index (κ2) is 6.18. The standard InChI is InChI=1S/C16H20ClN3O/c1-11-7-18-8-12(2)20(11)10-16-19-9-15(21-16)13-3-5-14(17)6-4-13/h3-6,9,11-12,18H,7-8,10H2,1-2H3. The molecule has 0 spiro atoms. The fourth-order valence-corrected chi connectivity index (χ4v) is 2.89. The summed E-state index contributed by atoms with van der Waals surface area (Å²) < 4.78 is 5.89. The lowest BCUT2D eigenvalue weighted by molar-refractivity contribution is 0.0980. The number of nitrogens with zero attached hydrogens (tertiary/aromatic N) is 2. The first-order valence-corrected chi connectivity index (χ1v) is 7.68. The maximum absolute atomic E-state index is 5.91. The number of nitrogens with one attached hydrogen (secondary N) is 1. The van der Waals surface area contributed by atoms with Gasteiger partial charge in [0.2, 0.25) is 5.89 Å². The van der Waals surface area contributed by atoms with Gasteiger partial charge in [0.25, 0.3) is 0 Å². The smallest absolute Gasteiger partial charge is 0.209 e. The number of oxazole rings is 1. The molecule has 2 atom stereocenters. The summed E-state index contributed by atoms with van der Waals surface area (Å²) in [5.74, 6) is 1.55. The summed E-state index contributed by atoms with van der Waals surface area (Å²) in [5.41, 5.74) is 1.000. The van der Waals surface area contributed by atoms with Gasteiger partial charge in [-0.05, 0) is 38.1 Å². The van der Waals surface area contributed by atoms with Gasteiger partial charge >= 0.3 is 0 Å². The largest absolute Gasteiger partial charge is 0.439 e. The first-order chi connectivity index (χ1) is 10.1. The summed E-state index contributed by atoms with van der Waals surface area (Å²) in [6, 6.07) is 8.59. The highest BCUT2D eigenvalue weighted by Gasteiger charge is 2.25. The van der Waals surface area contributed by atoms with Crippen LogP contribution in [0.2, 0.25) is 5.02 Å². The summed E-state index contributed by atoms with van der Waals surface area (Å²) in [4.78, 5) is 6.84. The van der Waals surface area contributed by atoms with E-state index in [1.54, 1.807) is 6.20 Å². The van der Waals surface area contributed by atoms with Crippen LogP contribution in [0.4, 0.5) is 0 Å². The van der Waals surface area contributed by atoms with Crippen LogP contribution in [0.3, 0.4) is 0 Å². The van der Waals surface area contributed by atoms with Crippen molar-refractivity contribution in [2.75, 3.05) is 13.1 Å². The maximum atomic E-state index is 5.91. The van der Waals surface area contributed by atoms with Crippen LogP contribution in [-0.2, 0) is 6.54 Å². The molecule has 1 aromatic heterocycles. The fraction of sp³-hybridized carbons (Fsp3) is 0.438. The van der Waals surface area contributed by atoms with Crippen molar-refractivity contribution in [1.29, 1.82) is 0 Å². The third-order valence-electron chi connectivity index (χ3n) is 4.01. The molecular weight excluding hydrogens is 286 g/mol. The van der Waals surface area contributed by atoms with E-state index in [0.717, 1.165) is 41.9 Å². The third-order valence-corrected chi connectivity index (χ3v) is 4.26. The minimum atomic E-state index is 0.486. The first kappa shape index (κ1) is 14.6. The average Bonchev–Trinajstić information content (AvgIpc) is 2.92. The van der Waals surface area contributed by atoms with Crippen molar-refractivity contribution in [3.63, 3.8) is 0 Å². The van der Waals surface area contributed by atoms with Gasteiger partial charge in [-0.25, -0.2) is 4.98 Å². The van der Waals surface area contributed by atoms with Crippen molar-refractivity contribution >= 4 is 11.6 Å². The van der Waals surface area contributed by atoms with Crippen LogP contribution in [-0.4, -0.2) is 35.1 Å². The predicted molar refractivity (Wildman–Crippen MR) is 84.3 cm³/mol. The van der Waals surface area contributed by atoms with Gasteiger partial charge in [0.15, 0.2) is 5.76 Å². The molecule has 2 aromatic rings. The van der Waals surface area contributed by atoms with Gasteiger partial charge in [0.05, 0.1) is 12.7 Å². The predicted octanol–water partition coefficient (Wildman–Crippen LogP) is 3.18. The number of halogens is 1. The Morgan fingerprint density at radius 3 is 2.57 bits per heavy atom. The molecule has 1 fully saturated rings. The zero-order chi connectivity index (χ0) is 14.8. The fourth-order valence-electron chi connectivity index (χ4n) is 2.77. The first-order valence-electron chi connectivity index (χ1n) is 7.30. The lowest BCUT2D eigenvalue weighted by atomic mass is 10.1. The highest BCUT2D eigenvalue weighted by Crippen LogP contribution is 2.23.